The van der Waals surface area contributed by atoms with E-state index in [2.05, 4.69) is 6.92 Å². The van der Waals surface area contributed by atoms with Gasteiger partial charge in [-0.1, -0.05) is 39.0 Å². The Morgan fingerprint density at radius 3 is 2.38 bits per heavy atom. The van der Waals surface area contributed by atoms with Crippen LogP contribution in [0, 0.1) is 0 Å². The molecule has 0 atom stereocenters. The van der Waals surface area contributed by atoms with E-state index >= 15 is 0 Å². The molecule has 0 aliphatic heterocycles. The molecule has 0 bridgehead atoms. The third-order valence-corrected chi connectivity index (χ3v) is 2.91. The minimum Gasteiger partial charge on any atom is -0.292 e. The van der Waals surface area contributed by atoms with Crippen LogP contribution in [0.25, 0.3) is 0 Å². The van der Waals surface area contributed by atoms with Crippen molar-refractivity contribution in [2.24, 2.45) is 0 Å². The third-order valence-electron chi connectivity index (χ3n) is 1.94. The van der Waals surface area contributed by atoms with Crippen LogP contribution in [-0.2, 0) is 4.79 Å². The van der Waals surface area contributed by atoms with Gasteiger partial charge in [-0.25, -0.2) is 0 Å². The van der Waals surface area contributed by atoms with Gasteiger partial charge < -0.3 is 0 Å². The molecular formula is C10H21NOS. The second kappa shape index (κ2) is 9.90. The zero-order chi connectivity index (χ0) is 9.94. The van der Waals surface area contributed by atoms with Crippen molar-refractivity contribution in [2.45, 2.75) is 45.4 Å². The molecule has 0 aromatic heterocycles. The van der Waals surface area contributed by atoms with Gasteiger partial charge >= 0.3 is 0 Å². The van der Waals surface area contributed by atoms with E-state index in [1.54, 1.807) is 23.3 Å². The Kier molecular flexibility index (Phi) is 9.77. The number of hydrogen-bond acceptors (Lipinski definition) is 2. The molecule has 0 aromatic rings. The Balaban J connectivity index is 2.95. The fraction of sp³-hybridized carbons (Fsp3) is 0.900. The van der Waals surface area contributed by atoms with Gasteiger partial charge in [-0.3, -0.25) is 9.10 Å². The fourth-order valence-corrected chi connectivity index (χ4v) is 1.80. The van der Waals surface area contributed by atoms with Gasteiger partial charge in [0.05, 0.1) is 0 Å². The van der Waals surface area contributed by atoms with Gasteiger partial charge in [-0.05, 0) is 18.4 Å². The van der Waals surface area contributed by atoms with Crippen LogP contribution in [0.4, 0.5) is 0 Å². The van der Waals surface area contributed by atoms with Gasteiger partial charge in [-0.15, -0.1) is 0 Å². The molecule has 0 N–H and O–H groups in total. The standard InChI is InChI=1S/C10H21NOS/c1-3-4-5-6-7-8-9-13-11(2)10-12/h10H,3-9H2,1-2H3. The highest BCUT2D eigenvalue weighted by Gasteiger charge is 1.94. The Morgan fingerprint density at radius 1 is 1.15 bits per heavy atom. The largest absolute Gasteiger partial charge is 0.292 e. The van der Waals surface area contributed by atoms with Crippen LogP contribution in [0.3, 0.4) is 0 Å². The van der Waals surface area contributed by atoms with Gasteiger partial charge in [0.25, 0.3) is 0 Å². The van der Waals surface area contributed by atoms with Gasteiger partial charge in [0.2, 0.25) is 6.41 Å². The van der Waals surface area contributed by atoms with Crippen LogP contribution in [-0.4, -0.2) is 23.5 Å². The molecule has 0 saturated carbocycles. The van der Waals surface area contributed by atoms with Crippen LogP contribution in [0.5, 0.6) is 0 Å². The van der Waals surface area contributed by atoms with Gasteiger partial charge in [0.15, 0.2) is 0 Å². The second-order valence-electron chi connectivity index (χ2n) is 3.25. The van der Waals surface area contributed by atoms with Crippen LogP contribution in [0.2, 0.25) is 0 Å². The average Bonchev–Trinajstić information content (AvgIpc) is 2.16. The predicted octanol–water partition coefficient (Wildman–Crippen LogP) is 3.08. The van der Waals surface area contributed by atoms with E-state index in [9.17, 15) is 4.79 Å². The third kappa shape index (κ3) is 9.74. The molecule has 0 aliphatic rings. The summed E-state index contributed by atoms with van der Waals surface area (Å²) in [6.45, 7) is 2.23. The normalized spacial score (nSPS) is 10.0. The van der Waals surface area contributed by atoms with Crippen molar-refractivity contribution in [3.63, 3.8) is 0 Å². The van der Waals surface area contributed by atoms with E-state index in [-0.39, 0.29) is 0 Å². The summed E-state index contributed by atoms with van der Waals surface area (Å²) in [7, 11) is 1.80. The molecule has 0 spiro atoms. The topological polar surface area (TPSA) is 20.3 Å². The highest BCUT2D eigenvalue weighted by atomic mass is 32.2. The maximum Gasteiger partial charge on any atom is 0.219 e. The first-order valence-electron chi connectivity index (χ1n) is 5.12. The summed E-state index contributed by atoms with van der Waals surface area (Å²) in [5.74, 6) is 1.07. The molecule has 0 fully saturated rings. The summed E-state index contributed by atoms with van der Waals surface area (Å²) in [6, 6.07) is 0. The van der Waals surface area contributed by atoms with Crippen molar-refractivity contribution in [1.82, 2.24) is 4.31 Å². The van der Waals surface area contributed by atoms with E-state index in [0.29, 0.717) is 0 Å². The lowest BCUT2D eigenvalue weighted by Gasteiger charge is -2.07. The summed E-state index contributed by atoms with van der Waals surface area (Å²) in [5.41, 5.74) is 0. The first kappa shape index (κ1) is 12.8. The van der Waals surface area contributed by atoms with Crippen molar-refractivity contribution in [3.8, 4) is 0 Å². The molecule has 3 heteroatoms. The van der Waals surface area contributed by atoms with Crippen LogP contribution in [0.1, 0.15) is 45.4 Å². The molecule has 0 aliphatic carbocycles. The van der Waals surface area contributed by atoms with Crippen LogP contribution in [0.15, 0.2) is 0 Å². The summed E-state index contributed by atoms with van der Waals surface area (Å²) in [5, 5.41) is 0. The lowest BCUT2D eigenvalue weighted by Crippen LogP contribution is -2.05. The lowest BCUT2D eigenvalue weighted by atomic mass is 10.1. The van der Waals surface area contributed by atoms with Crippen LogP contribution >= 0.6 is 11.9 Å². The predicted molar refractivity (Wildman–Crippen MR) is 59.7 cm³/mol. The number of hydrogen-bond donors (Lipinski definition) is 0. The molecule has 0 unspecified atom stereocenters. The number of nitrogens with zero attached hydrogens (tertiary/aromatic N) is 1. The monoisotopic (exact) mass is 203 g/mol. The number of carbonyl (C=O) groups is 1. The molecule has 13 heavy (non-hydrogen) atoms. The van der Waals surface area contributed by atoms with E-state index in [0.717, 1.165) is 12.2 Å². The van der Waals surface area contributed by atoms with Crippen molar-refractivity contribution >= 4 is 18.4 Å². The zero-order valence-electron chi connectivity index (χ0n) is 8.79. The highest BCUT2D eigenvalue weighted by Crippen LogP contribution is 2.10. The van der Waals surface area contributed by atoms with Gasteiger partial charge in [-0.2, -0.15) is 0 Å². The summed E-state index contributed by atoms with van der Waals surface area (Å²) >= 11 is 1.61. The molecule has 0 heterocycles. The number of unbranched alkanes of at least 4 members (excludes halogenated alkanes) is 5. The first-order valence-corrected chi connectivity index (χ1v) is 6.06. The fourth-order valence-electron chi connectivity index (χ4n) is 1.12. The molecular weight excluding hydrogens is 182 g/mol. The minimum absolute atomic E-state index is 0.863. The maximum absolute atomic E-state index is 10.2. The number of amides is 1. The lowest BCUT2D eigenvalue weighted by molar-refractivity contribution is -0.113. The van der Waals surface area contributed by atoms with Crippen molar-refractivity contribution in [1.29, 1.82) is 0 Å². The van der Waals surface area contributed by atoms with Crippen molar-refractivity contribution in [2.75, 3.05) is 12.8 Å². The number of rotatable bonds is 9. The quantitative estimate of drug-likeness (QED) is 0.326. The molecule has 1 amide bonds. The summed E-state index contributed by atoms with van der Waals surface area (Å²) in [4.78, 5) is 10.2. The highest BCUT2D eigenvalue weighted by molar-refractivity contribution is 7.97. The molecule has 78 valence electrons. The molecule has 0 rings (SSSR count). The Hall–Kier alpha value is -0.180. The molecule has 2 nitrogen and oxygen atoms in total. The van der Waals surface area contributed by atoms with Gasteiger partial charge in [0, 0.05) is 12.8 Å². The number of carbonyl (C=O) groups excluding carboxylic acids is 1. The summed E-state index contributed by atoms with van der Waals surface area (Å²) < 4.78 is 1.63. The Bertz CT molecular complexity index is 119. The second-order valence-corrected chi connectivity index (χ2v) is 4.49. The van der Waals surface area contributed by atoms with Crippen molar-refractivity contribution in [3.05, 3.63) is 0 Å². The Labute approximate surface area is 86.2 Å². The van der Waals surface area contributed by atoms with Crippen molar-refractivity contribution < 1.29 is 4.79 Å². The van der Waals surface area contributed by atoms with E-state index in [1.807, 2.05) is 0 Å². The van der Waals surface area contributed by atoms with Crippen LogP contribution < -0.4 is 0 Å². The van der Waals surface area contributed by atoms with E-state index in [4.69, 9.17) is 0 Å². The smallest absolute Gasteiger partial charge is 0.219 e. The molecule has 0 radical (unpaired) electrons. The SMILES string of the molecule is CCCCCCCCSN(C)C=O. The van der Waals surface area contributed by atoms with E-state index in [1.165, 1.54) is 38.5 Å². The molecule has 0 aromatic carbocycles. The summed E-state index contributed by atoms with van der Waals surface area (Å²) in [6.07, 6.45) is 8.78. The Morgan fingerprint density at radius 2 is 1.77 bits per heavy atom. The average molecular weight is 203 g/mol. The first-order chi connectivity index (χ1) is 6.31. The maximum atomic E-state index is 10.2. The molecule has 0 saturated heterocycles. The zero-order valence-corrected chi connectivity index (χ0v) is 9.61. The van der Waals surface area contributed by atoms with E-state index < -0.39 is 0 Å². The van der Waals surface area contributed by atoms with Gasteiger partial charge in [0.1, 0.15) is 0 Å². The minimum atomic E-state index is 0.863.